The molecule has 3 aromatic rings. The molecule has 1 aliphatic rings. The van der Waals surface area contributed by atoms with Crippen molar-refractivity contribution in [2.75, 3.05) is 13.1 Å². The fourth-order valence-electron chi connectivity index (χ4n) is 3.54. The summed E-state index contributed by atoms with van der Waals surface area (Å²) in [6, 6.07) is 9.65. The minimum atomic E-state index is -0.215. The van der Waals surface area contributed by atoms with Gasteiger partial charge in [0.1, 0.15) is 12.2 Å². The maximum absolute atomic E-state index is 12.7. The van der Waals surface area contributed by atoms with E-state index in [1.807, 2.05) is 48.9 Å². The maximum atomic E-state index is 12.7. The van der Waals surface area contributed by atoms with E-state index in [1.165, 1.54) is 4.57 Å². The molecule has 1 saturated heterocycles. The average Bonchev–Trinajstić information content (AvgIpc) is 2.88. The molecule has 7 heteroatoms. The number of aryl methyl sites for hydroxylation is 3. The molecule has 0 radical (unpaired) electrons. The molecule has 1 aromatic carbocycles. The summed E-state index contributed by atoms with van der Waals surface area (Å²) in [5.41, 5.74) is 3.69. The van der Waals surface area contributed by atoms with E-state index >= 15 is 0 Å². The average molecular weight is 351 g/mol. The summed E-state index contributed by atoms with van der Waals surface area (Å²) in [5.74, 6) is -0.0550. The molecule has 134 valence electrons. The first kappa shape index (κ1) is 16.5. The summed E-state index contributed by atoms with van der Waals surface area (Å²) < 4.78 is 3.51. The van der Waals surface area contributed by atoms with Gasteiger partial charge < -0.3 is 4.90 Å². The van der Waals surface area contributed by atoms with Crippen LogP contribution in [0.25, 0.3) is 11.0 Å². The molecule has 0 spiro atoms. The van der Waals surface area contributed by atoms with E-state index < -0.39 is 0 Å². The Kier molecular flexibility index (Phi) is 3.86. The first-order chi connectivity index (χ1) is 12.4. The van der Waals surface area contributed by atoms with Crippen molar-refractivity contribution in [3.8, 4) is 0 Å². The Bertz CT molecular complexity index is 1060. The Morgan fingerprint density at radius 3 is 2.62 bits per heavy atom. The van der Waals surface area contributed by atoms with Crippen molar-refractivity contribution in [1.82, 2.24) is 24.2 Å². The summed E-state index contributed by atoms with van der Waals surface area (Å²) in [6.07, 6.45) is 0. The highest BCUT2D eigenvalue weighted by atomic mass is 16.2. The van der Waals surface area contributed by atoms with Crippen LogP contribution in [-0.2, 0) is 11.3 Å². The van der Waals surface area contributed by atoms with Crippen LogP contribution in [-0.4, -0.2) is 43.2 Å². The molecule has 0 unspecified atom stereocenters. The second kappa shape index (κ2) is 6.09. The third kappa shape index (κ3) is 2.69. The predicted octanol–water partition coefficient (Wildman–Crippen LogP) is 1.60. The third-order valence-corrected chi connectivity index (χ3v) is 4.91. The zero-order chi connectivity index (χ0) is 18.4. The van der Waals surface area contributed by atoms with Gasteiger partial charge >= 0.3 is 0 Å². The molecule has 1 fully saturated rings. The molecule has 2 aromatic heterocycles. The minimum Gasteiger partial charge on any atom is -0.337 e. The van der Waals surface area contributed by atoms with Crippen molar-refractivity contribution in [2.45, 2.75) is 33.4 Å². The second-order valence-electron chi connectivity index (χ2n) is 6.90. The Labute approximate surface area is 150 Å². The van der Waals surface area contributed by atoms with Crippen LogP contribution in [0.2, 0.25) is 0 Å². The molecule has 1 amide bonds. The van der Waals surface area contributed by atoms with Crippen molar-refractivity contribution in [1.29, 1.82) is 0 Å². The van der Waals surface area contributed by atoms with E-state index in [0.29, 0.717) is 24.3 Å². The van der Waals surface area contributed by atoms with Gasteiger partial charge in [0, 0.05) is 18.8 Å². The molecule has 0 aliphatic carbocycles. The highest BCUT2D eigenvalue weighted by Gasteiger charge is 2.33. The monoisotopic (exact) mass is 351 g/mol. The lowest BCUT2D eigenvalue weighted by Crippen LogP contribution is -2.52. The van der Waals surface area contributed by atoms with E-state index in [2.05, 4.69) is 10.1 Å². The molecule has 0 N–H and O–H groups in total. The van der Waals surface area contributed by atoms with Gasteiger partial charge in [0.05, 0.1) is 22.8 Å². The van der Waals surface area contributed by atoms with Crippen molar-refractivity contribution in [2.24, 2.45) is 0 Å². The summed E-state index contributed by atoms with van der Waals surface area (Å²) in [4.78, 5) is 31.3. The highest BCUT2D eigenvalue weighted by Crippen LogP contribution is 2.23. The summed E-state index contributed by atoms with van der Waals surface area (Å²) in [6.45, 7) is 6.95. The molecular weight excluding hydrogens is 330 g/mol. The second-order valence-corrected chi connectivity index (χ2v) is 6.90. The van der Waals surface area contributed by atoms with Gasteiger partial charge in [-0.3, -0.25) is 18.8 Å². The lowest BCUT2D eigenvalue weighted by atomic mass is 10.1. The van der Waals surface area contributed by atoms with Crippen LogP contribution in [0.3, 0.4) is 0 Å². The van der Waals surface area contributed by atoms with Gasteiger partial charge in [-0.05, 0) is 39.0 Å². The number of hydrogen-bond acceptors (Lipinski definition) is 4. The van der Waals surface area contributed by atoms with Crippen molar-refractivity contribution in [3.63, 3.8) is 0 Å². The smallest absolute Gasteiger partial charge is 0.272 e. The Balaban J connectivity index is 1.53. The Morgan fingerprint density at radius 1 is 1.19 bits per heavy atom. The van der Waals surface area contributed by atoms with Crippen LogP contribution < -0.4 is 5.56 Å². The number of likely N-dealkylation sites (tertiary alicyclic amines) is 1. The van der Waals surface area contributed by atoms with Crippen molar-refractivity contribution >= 4 is 16.9 Å². The van der Waals surface area contributed by atoms with Crippen molar-refractivity contribution < 1.29 is 4.79 Å². The molecule has 0 saturated carbocycles. The van der Waals surface area contributed by atoms with E-state index in [-0.39, 0.29) is 24.1 Å². The van der Waals surface area contributed by atoms with Crippen LogP contribution in [0.1, 0.15) is 23.1 Å². The zero-order valence-corrected chi connectivity index (χ0v) is 15.1. The Hall–Kier alpha value is -2.96. The van der Waals surface area contributed by atoms with Crippen LogP contribution in [0.15, 0.2) is 35.1 Å². The first-order valence-corrected chi connectivity index (χ1v) is 8.71. The van der Waals surface area contributed by atoms with E-state index in [1.54, 1.807) is 11.8 Å². The number of aromatic nitrogens is 4. The van der Waals surface area contributed by atoms with Crippen LogP contribution >= 0.6 is 0 Å². The highest BCUT2D eigenvalue weighted by molar-refractivity contribution is 5.80. The van der Waals surface area contributed by atoms with Gasteiger partial charge in [-0.2, -0.15) is 5.10 Å². The molecule has 7 nitrogen and oxygen atoms in total. The standard InChI is InChI=1S/C19H21N5O2/c1-12-8-13(2)24(21-12)15-9-22(10-15)18(25)11-23-17-7-5-4-6-16(17)20-14(3)19(23)26/h4-8,15H,9-11H2,1-3H3. The number of amides is 1. The quantitative estimate of drug-likeness (QED) is 0.718. The number of para-hydroxylation sites is 2. The van der Waals surface area contributed by atoms with Crippen LogP contribution in [0.4, 0.5) is 0 Å². The number of rotatable bonds is 3. The summed E-state index contributed by atoms with van der Waals surface area (Å²) >= 11 is 0. The molecule has 1 aliphatic heterocycles. The Morgan fingerprint density at radius 2 is 1.92 bits per heavy atom. The number of hydrogen-bond donors (Lipinski definition) is 0. The van der Waals surface area contributed by atoms with Gasteiger partial charge in [0.2, 0.25) is 5.91 Å². The molecule has 26 heavy (non-hydrogen) atoms. The minimum absolute atomic E-state index is 0.0343. The summed E-state index contributed by atoms with van der Waals surface area (Å²) in [5, 5.41) is 4.49. The SMILES string of the molecule is Cc1cc(C)n(C2CN(C(=O)Cn3c(=O)c(C)nc4ccccc43)C2)n1. The zero-order valence-electron chi connectivity index (χ0n) is 15.1. The van der Waals surface area contributed by atoms with E-state index in [9.17, 15) is 9.59 Å². The number of nitrogens with zero attached hydrogens (tertiary/aromatic N) is 5. The largest absolute Gasteiger partial charge is 0.337 e. The van der Waals surface area contributed by atoms with Gasteiger partial charge in [-0.25, -0.2) is 4.98 Å². The van der Waals surface area contributed by atoms with Gasteiger partial charge in [0.25, 0.3) is 5.56 Å². The molecule has 4 rings (SSSR count). The number of fused-ring (bicyclic) bond motifs is 1. The van der Waals surface area contributed by atoms with Gasteiger partial charge in [-0.15, -0.1) is 0 Å². The first-order valence-electron chi connectivity index (χ1n) is 8.71. The molecule has 0 atom stereocenters. The predicted molar refractivity (Wildman–Crippen MR) is 98.1 cm³/mol. The number of carbonyl (C=O) groups excluding carboxylic acids is 1. The lowest BCUT2D eigenvalue weighted by molar-refractivity contribution is -0.137. The summed E-state index contributed by atoms with van der Waals surface area (Å²) in [7, 11) is 0. The number of benzene rings is 1. The van der Waals surface area contributed by atoms with Crippen molar-refractivity contribution in [3.05, 3.63) is 57.8 Å². The lowest BCUT2D eigenvalue weighted by Gasteiger charge is -2.39. The van der Waals surface area contributed by atoms with Crippen LogP contribution in [0.5, 0.6) is 0 Å². The van der Waals surface area contributed by atoms with Crippen LogP contribution in [0, 0.1) is 20.8 Å². The fraction of sp³-hybridized carbons (Fsp3) is 0.368. The topological polar surface area (TPSA) is 73.0 Å². The van der Waals surface area contributed by atoms with Gasteiger partial charge in [0.15, 0.2) is 0 Å². The normalized spacial score (nSPS) is 14.7. The molecular formula is C19H21N5O2. The number of carbonyl (C=O) groups is 1. The molecule has 0 bridgehead atoms. The third-order valence-electron chi connectivity index (χ3n) is 4.91. The van der Waals surface area contributed by atoms with E-state index in [0.717, 1.165) is 16.9 Å². The molecule has 3 heterocycles. The van der Waals surface area contributed by atoms with E-state index in [4.69, 9.17) is 0 Å². The maximum Gasteiger partial charge on any atom is 0.272 e. The fourth-order valence-corrected chi connectivity index (χ4v) is 3.54. The van der Waals surface area contributed by atoms with Gasteiger partial charge in [-0.1, -0.05) is 12.1 Å².